The highest BCUT2D eigenvalue weighted by atomic mass is 127. The largest absolute Gasteiger partial charge is 0.496 e. The maximum Gasteiger partial charge on any atom is 0.255 e. The lowest BCUT2D eigenvalue weighted by Gasteiger charge is -2.10. The molecule has 0 bridgehead atoms. The van der Waals surface area contributed by atoms with Crippen molar-refractivity contribution < 1.29 is 14.3 Å². The highest BCUT2D eigenvalue weighted by molar-refractivity contribution is 14.1. The first-order valence-corrected chi connectivity index (χ1v) is 7.44. The Kier molecular flexibility index (Phi) is 5.58. The molecule has 4 nitrogen and oxygen atoms in total. The van der Waals surface area contributed by atoms with Crippen molar-refractivity contribution in [1.29, 1.82) is 0 Å². The number of halogens is 1. The fourth-order valence-corrected chi connectivity index (χ4v) is 2.28. The summed E-state index contributed by atoms with van der Waals surface area (Å²) in [7, 11) is 3.21. The van der Waals surface area contributed by atoms with Crippen molar-refractivity contribution in [3.05, 3.63) is 57.2 Å². The Morgan fingerprint density at radius 2 is 1.86 bits per heavy atom. The van der Waals surface area contributed by atoms with Crippen LogP contribution >= 0.6 is 22.6 Å². The van der Waals surface area contributed by atoms with Crippen LogP contribution in [0.2, 0.25) is 0 Å². The van der Waals surface area contributed by atoms with Crippen LogP contribution in [0.3, 0.4) is 0 Å². The number of benzene rings is 2. The van der Waals surface area contributed by atoms with Crippen molar-refractivity contribution >= 4 is 34.2 Å². The molecule has 1 amide bonds. The summed E-state index contributed by atoms with van der Waals surface area (Å²) in [6, 6.07) is 12.9. The molecule has 0 fully saturated rings. The zero-order valence-corrected chi connectivity index (χ0v) is 14.0. The summed E-state index contributed by atoms with van der Waals surface area (Å²) in [4.78, 5) is 12.3. The molecule has 110 valence electrons. The van der Waals surface area contributed by atoms with Crippen molar-refractivity contribution in [3.63, 3.8) is 0 Å². The Labute approximate surface area is 137 Å². The van der Waals surface area contributed by atoms with Crippen molar-refractivity contribution in [2.24, 2.45) is 0 Å². The third kappa shape index (κ3) is 4.18. The molecule has 0 aliphatic carbocycles. The number of anilines is 1. The summed E-state index contributed by atoms with van der Waals surface area (Å²) in [5.41, 5.74) is 2.18. The first-order chi connectivity index (χ1) is 10.1. The fraction of sp³-hybridized carbons (Fsp3) is 0.188. The van der Waals surface area contributed by atoms with Crippen LogP contribution < -0.4 is 10.1 Å². The molecule has 0 radical (unpaired) electrons. The monoisotopic (exact) mass is 397 g/mol. The van der Waals surface area contributed by atoms with Gasteiger partial charge in [0.1, 0.15) is 5.75 Å². The first kappa shape index (κ1) is 15.8. The van der Waals surface area contributed by atoms with Gasteiger partial charge in [-0.25, -0.2) is 0 Å². The van der Waals surface area contributed by atoms with E-state index in [0.29, 0.717) is 17.9 Å². The topological polar surface area (TPSA) is 47.6 Å². The number of methoxy groups -OCH3 is 2. The van der Waals surface area contributed by atoms with Crippen molar-refractivity contribution in [2.45, 2.75) is 6.61 Å². The van der Waals surface area contributed by atoms with Crippen LogP contribution in [0.25, 0.3) is 0 Å². The molecular weight excluding hydrogens is 381 g/mol. The van der Waals surface area contributed by atoms with Gasteiger partial charge in [0.05, 0.1) is 13.7 Å². The van der Waals surface area contributed by atoms with Crippen molar-refractivity contribution in [2.75, 3.05) is 19.5 Å². The predicted molar refractivity (Wildman–Crippen MR) is 90.8 cm³/mol. The van der Waals surface area contributed by atoms with E-state index in [2.05, 4.69) is 27.9 Å². The summed E-state index contributed by atoms with van der Waals surface area (Å²) in [5, 5.41) is 2.87. The Bertz CT molecular complexity index is 626. The number of hydrogen-bond acceptors (Lipinski definition) is 3. The van der Waals surface area contributed by atoms with E-state index in [4.69, 9.17) is 9.47 Å². The van der Waals surface area contributed by atoms with Gasteiger partial charge in [-0.1, -0.05) is 0 Å². The predicted octanol–water partition coefficient (Wildman–Crippen LogP) is 3.70. The number of hydrogen-bond donors (Lipinski definition) is 1. The summed E-state index contributed by atoms with van der Waals surface area (Å²) in [6.07, 6.45) is 0. The molecular formula is C16H16INO3. The molecule has 5 heteroatoms. The van der Waals surface area contributed by atoms with Crippen LogP contribution in [0, 0.1) is 3.57 Å². The number of ether oxygens (including phenoxy) is 2. The van der Waals surface area contributed by atoms with E-state index in [1.165, 1.54) is 0 Å². The van der Waals surface area contributed by atoms with Crippen LogP contribution in [0.15, 0.2) is 42.5 Å². The lowest BCUT2D eigenvalue weighted by atomic mass is 10.1. The third-order valence-corrected chi connectivity index (χ3v) is 3.66. The van der Waals surface area contributed by atoms with Crippen LogP contribution in [0.5, 0.6) is 5.75 Å². The van der Waals surface area contributed by atoms with Gasteiger partial charge in [-0.05, 0) is 65.1 Å². The molecule has 0 unspecified atom stereocenters. The minimum absolute atomic E-state index is 0.156. The molecule has 0 aromatic heterocycles. The smallest absolute Gasteiger partial charge is 0.255 e. The summed E-state index contributed by atoms with van der Waals surface area (Å²) in [5.74, 6) is 0.555. The SMILES string of the molecule is COCc1cc(C(=O)Nc2ccc(I)cc2)ccc1OC. The summed E-state index contributed by atoms with van der Waals surface area (Å²) in [6.45, 7) is 0.397. The van der Waals surface area contributed by atoms with Crippen LogP contribution in [-0.2, 0) is 11.3 Å². The average Bonchev–Trinajstić information content (AvgIpc) is 2.50. The number of amides is 1. The lowest BCUT2D eigenvalue weighted by Crippen LogP contribution is -2.12. The van der Waals surface area contributed by atoms with Gasteiger partial charge in [0.25, 0.3) is 5.91 Å². The minimum atomic E-state index is -0.156. The third-order valence-electron chi connectivity index (χ3n) is 2.94. The van der Waals surface area contributed by atoms with Gasteiger partial charge in [0.2, 0.25) is 0 Å². The quantitative estimate of drug-likeness (QED) is 0.783. The molecule has 2 rings (SSSR count). The Morgan fingerprint density at radius 3 is 2.48 bits per heavy atom. The van der Waals surface area contributed by atoms with Crippen LogP contribution in [-0.4, -0.2) is 20.1 Å². The highest BCUT2D eigenvalue weighted by Crippen LogP contribution is 2.21. The molecule has 0 aliphatic heterocycles. The van der Waals surface area contributed by atoms with E-state index in [0.717, 1.165) is 14.8 Å². The minimum Gasteiger partial charge on any atom is -0.496 e. The molecule has 0 aliphatic rings. The standard InChI is InChI=1S/C16H16INO3/c1-20-10-12-9-11(3-8-15(12)21-2)16(19)18-14-6-4-13(17)5-7-14/h3-9H,10H2,1-2H3,(H,18,19). The van der Waals surface area contributed by atoms with Gasteiger partial charge in [0, 0.05) is 27.5 Å². The van der Waals surface area contributed by atoms with E-state index in [1.54, 1.807) is 32.4 Å². The molecule has 2 aromatic rings. The van der Waals surface area contributed by atoms with Gasteiger partial charge in [0.15, 0.2) is 0 Å². The van der Waals surface area contributed by atoms with E-state index >= 15 is 0 Å². The number of carbonyl (C=O) groups excluding carboxylic acids is 1. The first-order valence-electron chi connectivity index (χ1n) is 6.37. The highest BCUT2D eigenvalue weighted by Gasteiger charge is 2.10. The van der Waals surface area contributed by atoms with E-state index < -0.39 is 0 Å². The number of carbonyl (C=O) groups is 1. The Morgan fingerprint density at radius 1 is 1.14 bits per heavy atom. The number of rotatable bonds is 5. The number of nitrogens with one attached hydrogen (secondary N) is 1. The summed E-state index contributed by atoms with van der Waals surface area (Å²) < 4.78 is 11.5. The van der Waals surface area contributed by atoms with Gasteiger partial charge >= 0.3 is 0 Å². The molecule has 0 heterocycles. The van der Waals surface area contributed by atoms with Crippen LogP contribution in [0.4, 0.5) is 5.69 Å². The molecule has 2 aromatic carbocycles. The maximum absolute atomic E-state index is 12.3. The Balaban J connectivity index is 2.18. The van der Waals surface area contributed by atoms with Gasteiger partial charge in [-0.15, -0.1) is 0 Å². The zero-order chi connectivity index (χ0) is 15.2. The molecule has 21 heavy (non-hydrogen) atoms. The summed E-state index contributed by atoms with van der Waals surface area (Å²) >= 11 is 2.22. The second kappa shape index (κ2) is 7.42. The molecule has 0 spiro atoms. The molecule has 0 saturated carbocycles. The van der Waals surface area contributed by atoms with E-state index in [1.807, 2.05) is 24.3 Å². The van der Waals surface area contributed by atoms with Gasteiger partial charge in [-0.2, -0.15) is 0 Å². The zero-order valence-electron chi connectivity index (χ0n) is 11.9. The molecule has 0 saturated heterocycles. The average molecular weight is 397 g/mol. The van der Waals surface area contributed by atoms with Gasteiger partial charge < -0.3 is 14.8 Å². The molecule has 0 atom stereocenters. The van der Waals surface area contributed by atoms with Crippen molar-refractivity contribution in [1.82, 2.24) is 0 Å². The van der Waals surface area contributed by atoms with E-state index in [9.17, 15) is 4.79 Å². The lowest BCUT2D eigenvalue weighted by molar-refractivity contribution is 0.102. The van der Waals surface area contributed by atoms with Crippen molar-refractivity contribution in [3.8, 4) is 5.75 Å². The normalized spacial score (nSPS) is 10.2. The fourth-order valence-electron chi connectivity index (χ4n) is 1.92. The maximum atomic E-state index is 12.3. The van der Waals surface area contributed by atoms with E-state index in [-0.39, 0.29) is 5.91 Å². The van der Waals surface area contributed by atoms with Gasteiger partial charge in [-0.3, -0.25) is 4.79 Å². The van der Waals surface area contributed by atoms with Crippen LogP contribution in [0.1, 0.15) is 15.9 Å². The molecule has 1 N–H and O–H groups in total. The second-order valence-corrected chi connectivity index (χ2v) is 5.67. The second-order valence-electron chi connectivity index (χ2n) is 4.42. The Hall–Kier alpha value is -1.60.